The van der Waals surface area contributed by atoms with Crippen LogP contribution in [0.3, 0.4) is 0 Å². The summed E-state index contributed by atoms with van der Waals surface area (Å²) in [7, 11) is 0. The second-order valence-corrected chi connectivity index (χ2v) is 8.64. The van der Waals surface area contributed by atoms with Crippen LogP contribution in [0.15, 0.2) is 86.0 Å². The van der Waals surface area contributed by atoms with Gasteiger partial charge in [0.2, 0.25) is 11.8 Å². The average molecular weight is 493 g/mol. The molecule has 7 nitrogen and oxygen atoms in total. The zero-order valence-electron chi connectivity index (χ0n) is 20.8. The maximum Gasteiger partial charge on any atom is 0.309 e. The molecule has 1 unspecified atom stereocenters. The van der Waals surface area contributed by atoms with Gasteiger partial charge in [-0.15, -0.1) is 13.2 Å². The van der Waals surface area contributed by atoms with Gasteiger partial charge in [0.15, 0.2) is 0 Å². The van der Waals surface area contributed by atoms with Crippen molar-refractivity contribution in [3.05, 3.63) is 97.1 Å². The van der Waals surface area contributed by atoms with Crippen LogP contribution in [0.25, 0.3) is 0 Å². The van der Waals surface area contributed by atoms with Crippen molar-refractivity contribution in [1.82, 2.24) is 10.6 Å². The van der Waals surface area contributed by atoms with E-state index in [1.54, 1.807) is 37.3 Å². The molecule has 0 bridgehead atoms. The van der Waals surface area contributed by atoms with E-state index in [-0.39, 0.29) is 31.5 Å². The SMILES string of the molecule is C=CCC(C(=O)NC[C@H](C)OC(=O)[C@H](CC=C)Cc1ccccc1)C(=O)N[C@@H](CO)c1ccccc1. The van der Waals surface area contributed by atoms with Crippen molar-refractivity contribution in [3.63, 3.8) is 0 Å². The number of rotatable bonds is 15. The molecule has 0 aliphatic carbocycles. The maximum atomic E-state index is 12.8. The molecule has 0 saturated heterocycles. The minimum absolute atomic E-state index is 0.0553. The molecule has 0 saturated carbocycles. The topological polar surface area (TPSA) is 105 Å². The van der Waals surface area contributed by atoms with Gasteiger partial charge in [-0.3, -0.25) is 14.4 Å². The molecule has 0 aliphatic heterocycles. The zero-order chi connectivity index (χ0) is 26.3. The van der Waals surface area contributed by atoms with Crippen LogP contribution >= 0.6 is 0 Å². The van der Waals surface area contributed by atoms with E-state index in [1.807, 2.05) is 36.4 Å². The number of allylic oxidation sites excluding steroid dienone is 2. The number of carbonyl (C=O) groups is 3. The van der Waals surface area contributed by atoms with E-state index in [9.17, 15) is 19.5 Å². The first-order valence-corrected chi connectivity index (χ1v) is 12.1. The normalized spacial score (nSPS) is 13.9. The van der Waals surface area contributed by atoms with Crippen molar-refractivity contribution >= 4 is 17.8 Å². The molecule has 0 spiro atoms. The zero-order valence-corrected chi connectivity index (χ0v) is 20.8. The Morgan fingerprint density at radius 2 is 1.56 bits per heavy atom. The number of hydrogen-bond donors (Lipinski definition) is 3. The van der Waals surface area contributed by atoms with Crippen LogP contribution in [-0.2, 0) is 25.5 Å². The fourth-order valence-corrected chi connectivity index (χ4v) is 3.76. The standard InChI is InChI=1S/C29H36N2O5/c1-4-12-24(18-22-14-8-6-9-15-22)29(35)36-21(3)19-30-27(33)25(13-5-2)28(34)31-26(20-32)23-16-10-7-11-17-23/h4-11,14-17,21,24-26,32H,1-2,12-13,18-20H2,3H3,(H,30,33)(H,31,34)/t21-,24+,25?,26-/m0/s1. The number of benzene rings is 2. The third-order valence-corrected chi connectivity index (χ3v) is 5.73. The highest BCUT2D eigenvalue weighted by Gasteiger charge is 2.28. The summed E-state index contributed by atoms with van der Waals surface area (Å²) in [5.74, 6) is -2.80. The van der Waals surface area contributed by atoms with E-state index in [1.165, 1.54) is 6.08 Å². The van der Waals surface area contributed by atoms with E-state index in [4.69, 9.17) is 4.74 Å². The van der Waals surface area contributed by atoms with E-state index < -0.39 is 29.9 Å². The molecule has 192 valence electrons. The Morgan fingerprint density at radius 1 is 0.944 bits per heavy atom. The van der Waals surface area contributed by atoms with Gasteiger partial charge in [0.1, 0.15) is 12.0 Å². The molecule has 36 heavy (non-hydrogen) atoms. The summed E-state index contributed by atoms with van der Waals surface area (Å²) in [6.45, 7) is 8.81. The van der Waals surface area contributed by atoms with Crippen molar-refractivity contribution in [3.8, 4) is 0 Å². The molecule has 2 amide bonds. The molecular formula is C29H36N2O5. The van der Waals surface area contributed by atoms with Gasteiger partial charge >= 0.3 is 5.97 Å². The van der Waals surface area contributed by atoms with Crippen molar-refractivity contribution in [2.45, 2.75) is 38.3 Å². The summed E-state index contributed by atoms with van der Waals surface area (Å²) in [6.07, 6.45) is 3.72. The number of esters is 1. The van der Waals surface area contributed by atoms with Gasteiger partial charge in [-0.25, -0.2) is 0 Å². The Hall–Kier alpha value is -3.71. The lowest BCUT2D eigenvalue weighted by Crippen LogP contribution is -2.45. The van der Waals surface area contributed by atoms with Gasteiger partial charge < -0.3 is 20.5 Å². The second-order valence-electron chi connectivity index (χ2n) is 8.64. The lowest BCUT2D eigenvalue weighted by atomic mass is 9.96. The third-order valence-electron chi connectivity index (χ3n) is 5.73. The average Bonchev–Trinajstić information content (AvgIpc) is 2.89. The number of amides is 2. The molecule has 0 aliphatic rings. The van der Waals surface area contributed by atoms with Crippen LogP contribution in [0.2, 0.25) is 0 Å². The smallest absolute Gasteiger partial charge is 0.309 e. The third kappa shape index (κ3) is 9.15. The molecule has 2 aromatic rings. The predicted molar refractivity (Wildman–Crippen MR) is 140 cm³/mol. The molecule has 2 aromatic carbocycles. The van der Waals surface area contributed by atoms with E-state index in [0.717, 1.165) is 11.1 Å². The largest absolute Gasteiger partial charge is 0.461 e. The molecule has 3 N–H and O–H groups in total. The number of aliphatic hydroxyl groups excluding tert-OH is 1. The molecule has 0 fully saturated rings. The molecule has 4 atom stereocenters. The Bertz CT molecular complexity index is 993. The fraction of sp³-hybridized carbons (Fsp3) is 0.345. The highest BCUT2D eigenvalue weighted by molar-refractivity contribution is 6.00. The first-order valence-electron chi connectivity index (χ1n) is 12.1. The van der Waals surface area contributed by atoms with Gasteiger partial charge in [-0.1, -0.05) is 72.8 Å². The number of nitrogens with one attached hydrogen (secondary N) is 2. The summed E-state index contributed by atoms with van der Waals surface area (Å²) in [4.78, 5) is 38.4. The highest BCUT2D eigenvalue weighted by atomic mass is 16.5. The molecule has 2 rings (SSSR count). The molecule has 0 radical (unpaired) electrons. The number of aliphatic hydroxyl groups is 1. The van der Waals surface area contributed by atoms with Crippen LogP contribution in [0.1, 0.15) is 36.9 Å². The van der Waals surface area contributed by atoms with Crippen LogP contribution in [0.4, 0.5) is 0 Å². The van der Waals surface area contributed by atoms with Crippen LogP contribution in [0.5, 0.6) is 0 Å². The van der Waals surface area contributed by atoms with Gasteiger partial charge in [-0.05, 0) is 37.3 Å². The van der Waals surface area contributed by atoms with Crippen molar-refractivity contribution in [1.29, 1.82) is 0 Å². The Balaban J connectivity index is 1.92. The minimum Gasteiger partial charge on any atom is -0.461 e. The molecular weight excluding hydrogens is 456 g/mol. The number of hydrogen-bond acceptors (Lipinski definition) is 5. The highest BCUT2D eigenvalue weighted by Crippen LogP contribution is 2.17. The van der Waals surface area contributed by atoms with Gasteiger partial charge in [0.05, 0.1) is 25.1 Å². The van der Waals surface area contributed by atoms with Crippen molar-refractivity contribution in [2.24, 2.45) is 11.8 Å². The molecule has 7 heteroatoms. The van der Waals surface area contributed by atoms with E-state index in [0.29, 0.717) is 12.8 Å². The summed E-state index contributed by atoms with van der Waals surface area (Å²) in [6, 6.07) is 18.1. The van der Waals surface area contributed by atoms with E-state index in [2.05, 4.69) is 23.8 Å². The lowest BCUT2D eigenvalue weighted by Gasteiger charge is -2.22. The van der Waals surface area contributed by atoms with Crippen LogP contribution < -0.4 is 10.6 Å². The van der Waals surface area contributed by atoms with Crippen LogP contribution in [0, 0.1) is 11.8 Å². The van der Waals surface area contributed by atoms with E-state index >= 15 is 0 Å². The Morgan fingerprint density at radius 3 is 2.14 bits per heavy atom. The quantitative estimate of drug-likeness (QED) is 0.201. The summed E-state index contributed by atoms with van der Waals surface area (Å²) < 4.78 is 5.57. The lowest BCUT2D eigenvalue weighted by molar-refractivity contribution is -0.153. The van der Waals surface area contributed by atoms with Gasteiger partial charge in [0, 0.05) is 0 Å². The number of carbonyl (C=O) groups excluding carboxylic acids is 3. The summed E-state index contributed by atoms with van der Waals surface area (Å²) in [5.41, 5.74) is 1.76. The van der Waals surface area contributed by atoms with Crippen molar-refractivity contribution < 1.29 is 24.2 Å². The minimum atomic E-state index is -1.03. The summed E-state index contributed by atoms with van der Waals surface area (Å²) >= 11 is 0. The fourth-order valence-electron chi connectivity index (χ4n) is 3.76. The van der Waals surface area contributed by atoms with Gasteiger partial charge in [-0.2, -0.15) is 0 Å². The monoisotopic (exact) mass is 492 g/mol. The number of ether oxygens (including phenoxy) is 1. The summed E-state index contributed by atoms with van der Waals surface area (Å²) in [5, 5.41) is 15.2. The molecule has 0 aromatic heterocycles. The van der Waals surface area contributed by atoms with Gasteiger partial charge in [0.25, 0.3) is 0 Å². The first kappa shape index (κ1) is 28.5. The van der Waals surface area contributed by atoms with Crippen molar-refractivity contribution in [2.75, 3.05) is 13.2 Å². The second kappa shape index (κ2) is 15.3. The Labute approximate surface area is 213 Å². The predicted octanol–water partition coefficient (Wildman–Crippen LogP) is 3.51. The van der Waals surface area contributed by atoms with Crippen LogP contribution in [-0.4, -0.2) is 42.1 Å². The Kier molecular flexibility index (Phi) is 12.1. The molecule has 0 heterocycles. The first-order chi connectivity index (χ1) is 17.4. The maximum absolute atomic E-state index is 12.8.